The van der Waals surface area contributed by atoms with Crippen LogP contribution in [0.2, 0.25) is 5.02 Å². The number of nitrogens with two attached hydrogens (primary N) is 1. The predicted molar refractivity (Wildman–Crippen MR) is 67.5 cm³/mol. The summed E-state index contributed by atoms with van der Waals surface area (Å²) in [6.45, 7) is 4.24. The number of Topliss-reactive ketones (excluding diaryl/α,β-unsaturated/α-hetero) is 1. The molecule has 0 aliphatic rings. The predicted octanol–water partition coefficient (Wildman–Crippen LogP) is 2.82. The van der Waals surface area contributed by atoms with Gasteiger partial charge in [0.05, 0.1) is 5.02 Å². The summed E-state index contributed by atoms with van der Waals surface area (Å²) >= 11 is 5.58. The first kappa shape index (κ1) is 14.1. The lowest BCUT2D eigenvalue weighted by Gasteiger charge is -2.17. The van der Waals surface area contributed by atoms with Crippen molar-refractivity contribution in [3.8, 4) is 0 Å². The van der Waals surface area contributed by atoms with Crippen LogP contribution in [0.3, 0.4) is 0 Å². The van der Waals surface area contributed by atoms with E-state index in [1.165, 1.54) is 12.1 Å². The minimum Gasteiger partial charge on any atom is -0.330 e. The number of benzene rings is 1. The zero-order valence-corrected chi connectivity index (χ0v) is 10.8. The summed E-state index contributed by atoms with van der Waals surface area (Å²) < 4.78 is 13.2. The van der Waals surface area contributed by atoms with E-state index in [0.717, 1.165) is 0 Å². The molecule has 2 nitrogen and oxygen atoms in total. The Morgan fingerprint density at radius 3 is 2.59 bits per heavy atom. The Kier molecular flexibility index (Phi) is 5.09. The minimum atomic E-state index is -0.495. The normalized spacial score (nSPS) is 12.8. The third kappa shape index (κ3) is 3.79. The van der Waals surface area contributed by atoms with Crippen molar-refractivity contribution >= 4 is 17.4 Å². The van der Waals surface area contributed by atoms with Crippen molar-refractivity contribution in [2.45, 2.75) is 20.3 Å². The third-order valence-electron chi connectivity index (χ3n) is 2.83. The molecule has 0 fully saturated rings. The maximum absolute atomic E-state index is 13.2. The molecule has 0 bridgehead atoms. The highest BCUT2D eigenvalue weighted by Gasteiger charge is 2.20. The molecule has 0 aliphatic carbocycles. The Balaban J connectivity index is 2.77. The summed E-state index contributed by atoms with van der Waals surface area (Å²) in [5.41, 5.74) is 6.20. The highest BCUT2D eigenvalue weighted by atomic mass is 35.5. The van der Waals surface area contributed by atoms with Gasteiger partial charge in [-0.2, -0.15) is 0 Å². The van der Waals surface area contributed by atoms with Gasteiger partial charge in [0, 0.05) is 18.9 Å². The van der Waals surface area contributed by atoms with E-state index in [0.29, 0.717) is 12.1 Å². The fourth-order valence-electron chi connectivity index (χ4n) is 1.76. The SMILES string of the molecule is CC(C)C(CN)C(=O)Cc1ccc(Cl)c(F)c1. The van der Waals surface area contributed by atoms with Crippen molar-refractivity contribution in [3.05, 3.63) is 34.6 Å². The Morgan fingerprint density at radius 1 is 1.47 bits per heavy atom. The fourth-order valence-corrected chi connectivity index (χ4v) is 1.87. The van der Waals surface area contributed by atoms with Gasteiger partial charge in [-0.25, -0.2) is 4.39 Å². The number of carbonyl (C=O) groups excluding carboxylic acids is 1. The molecule has 94 valence electrons. The molecule has 4 heteroatoms. The van der Waals surface area contributed by atoms with Gasteiger partial charge in [-0.1, -0.05) is 31.5 Å². The summed E-state index contributed by atoms with van der Waals surface area (Å²) in [7, 11) is 0. The first-order chi connectivity index (χ1) is 7.95. The number of hydrogen-bond donors (Lipinski definition) is 1. The molecule has 1 aromatic rings. The Morgan fingerprint density at radius 2 is 2.12 bits per heavy atom. The van der Waals surface area contributed by atoms with Crippen LogP contribution in [0.4, 0.5) is 4.39 Å². The van der Waals surface area contributed by atoms with E-state index in [2.05, 4.69) is 0 Å². The van der Waals surface area contributed by atoms with Gasteiger partial charge >= 0.3 is 0 Å². The molecule has 0 aromatic heterocycles. The minimum absolute atomic E-state index is 0.0456. The lowest BCUT2D eigenvalue weighted by molar-refractivity contribution is -0.123. The molecule has 1 aromatic carbocycles. The first-order valence-electron chi connectivity index (χ1n) is 5.62. The van der Waals surface area contributed by atoms with Gasteiger partial charge in [-0.3, -0.25) is 4.79 Å². The summed E-state index contributed by atoms with van der Waals surface area (Å²) in [6, 6.07) is 4.43. The van der Waals surface area contributed by atoms with E-state index < -0.39 is 5.82 Å². The van der Waals surface area contributed by atoms with Crippen LogP contribution in [0.25, 0.3) is 0 Å². The third-order valence-corrected chi connectivity index (χ3v) is 3.14. The summed E-state index contributed by atoms with van der Waals surface area (Å²) in [5, 5.41) is 0.0698. The lowest BCUT2D eigenvalue weighted by Crippen LogP contribution is -2.29. The van der Waals surface area contributed by atoms with Crippen LogP contribution in [0.5, 0.6) is 0 Å². The highest BCUT2D eigenvalue weighted by molar-refractivity contribution is 6.30. The van der Waals surface area contributed by atoms with Crippen molar-refractivity contribution in [2.24, 2.45) is 17.6 Å². The number of carbonyl (C=O) groups is 1. The van der Waals surface area contributed by atoms with Gasteiger partial charge in [0.2, 0.25) is 0 Å². The maximum atomic E-state index is 13.2. The largest absolute Gasteiger partial charge is 0.330 e. The molecule has 0 aliphatic heterocycles. The lowest BCUT2D eigenvalue weighted by atomic mass is 9.88. The Hall–Kier alpha value is -0.930. The van der Waals surface area contributed by atoms with Gasteiger partial charge in [0.1, 0.15) is 11.6 Å². The van der Waals surface area contributed by atoms with Crippen molar-refractivity contribution < 1.29 is 9.18 Å². The summed E-state index contributed by atoms with van der Waals surface area (Å²) in [6.07, 6.45) is 0.203. The van der Waals surface area contributed by atoms with Crippen LogP contribution in [-0.4, -0.2) is 12.3 Å². The van der Waals surface area contributed by atoms with Crippen LogP contribution in [-0.2, 0) is 11.2 Å². The van der Waals surface area contributed by atoms with Crippen molar-refractivity contribution in [1.29, 1.82) is 0 Å². The molecule has 1 rings (SSSR count). The zero-order chi connectivity index (χ0) is 13.0. The molecule has 0 spiro atoms. The molecule has 0 amide bonds. The van der Waals surface area contributed by atoms with Crippen molar-refractivity contribution in [1.82, 2.24) is 0 Å². The van der Waals surface area contributed by atoms with Crippen LogP contribution in [0.15, 0.2) is 18.2 Å². The van der Waals surface area contributed by atoms with Crippen molar-refractivity contribution in [3.63, 3.8) is 0 Å². The van der Waals surface area contributed by atoms with E-state index >= 15 is 0 Å². The molecule has 17 heavy (non-hydrogen) atoms. The second kappa shape index (κ2) is 6.12. The number of rotatable bonds is 5. The summed E-state index contributed by atoms with van der Waals surface area (Å²) in [5.74, 6) is -0.423. The number of hydrogen-bond acceptors (Lipinski definition) is 2. The van der Waals surface area contributed by atoms with Crippen molar-refractivity contribution in [2.75, 3.05) is 6.54 Å². The quantitative estimate of drug-likeness (QED) is 0.881. The molecule has 1 unspecified atom stereocenters. The molecule has 2 N–H and O–H groups in total. The van der Waals surface area contributed by atoms with Crippen LogP contribution >= 0.6 is 11.6 Å². The van der Waals surface area contributed by atoms with Crippen LogP contribution < -0.4 is 5.73 Å². The van der Waals surface area contributed by atoms with E-state index in [4.69, 9.17) is 17.3 Å². The molecule has 0 saturated carbocycles. The fraction of sp³-hybridized carbons (Fsp3) is 0.462. The highest BCUT2D eigenvalue weighted by Crippen LogP contribution is 2.18. The standard InChI is InChI=1S/C13H17ClFNO/c1-8(2)10(7-16)13(17)6-9-3-4-11(14)12(15)5-9/h3-5,8,10H,6-7,16H2,1-2H3. The first-order valence-corrected chi connectivity index (χ1v) is 6.00. The van der Waals surface area contributed by atoms with Gasteiger partial charge in [0.15, 0.2) is 0 Å². The zero-order valence-electron chi connectivity index (χ0n) is 10.0. The molecule has 1 atom stereocenters. The second-order valence-corrected chi connectivity index (χ2v) is 4.88. The van der Waals surface area contributed by atoms with E-state index in [9.17, 15) is 9.18 Å². The monoisotopic (exact) mass is 257 g/mol. The van der Waals surface area contributed by atoms with E-state index in [1.807, 2.05) is 13.8 Å². The molecule has 0 saturated heterocycles. The average Bonchev–Trinajstić information content (AvgIpc) is 2.24. The van der Waals surface area contributed by atoms with Crippen LogP contribution in [0.1, 0.15) is 19.4 Å². The number of halogens is 2. The smallest absolute Gasteiger partial charge is 0.142 e. The molecular weight excluding hydrogens is 241 g/mol. The molecular formula is C13H17ClFNO. The average molecular weight is 258 g/mol. The number of ketones is 1. The second-order valence-electron chi connectivity index (χ2n) is 4.48. The van der Waals surface area contributed by atoms with E-state index in [-0.39, 0.29) is 29.1 Å². The van der Waals surface area contributed by atoms with Gasteiger partial charge in [-0.15, -0.1) is 0 Å². The Bertz CT molecular complexity index is 406. The van der Waals surface area contributed by atoms with Crippen LogP contribution in [0, 0.1) is 17.7 Å². The topological polar surface area (TPSA) is 43.1 Å². The molecule has 0 radical (unpaired) electrons. The maximum Gasteiger partial charge on any atom is 0.142 e. The Labute approximate surface area is 106 Å². The van der Waals surface area contributed by atoms with Gasteiger partial charge < -0.3 is 5.73 Å². The van der Waals surface area contributed by atoms with E-state index in [1.54, 1.807) is 6.07 Å². The van der Waals surface area contributed by atoms with Gasteiger partial charge in [0.25, 0.3) is 0 Å². The van der Waals surface area contributed by atoms with Gasteiger partial charge in [-0.05, 0) is 23.6 Å². The molecule has 0 heterocycles. The summed E-state index contributed by atoms with van der Waals surface area (Å²) in [4.78, 5) is 11.9.